The van der Waals surface area contributed by atoms with Crippen molar-refractivity contribution in [1.82, 2.24) is 9.97 Å². The Labute approximate surface area is 111 Å². The van der Waals surface area contributed by atoms with E-state index in [0.717, 1.165) is 5.56 Å². The molecule has 6 heteroatoms. The maximum absolute atomic E-state index is 11.3. The van der Waals surface area contributed by atoms with E-state index in [2.05, 4.69) is 9.97 Å². The van der Waals surface area contributed by atoms with Crippen LogP contribution in [0.25, 0.3) is 0 Å². The van der Waals surface area contributed by atoms with Gasteiger partial charge in [0.15, 0.2) is 0 Å². The van der Waals surface area contributed by atoms with Crippen molar-refractivity contribution >= 4 is 17.6 Å². The Hall–Kier alpha value is -1.20. The number of rotatable bonds is 5. The average Bonchev–Trinajstić information content (AvgIpc) is 2.24. The smallest absolute Gasteiger partial charge is 0.332 e. The lowest BCUT2D eigenvalue weighted by Gasteiger charge is -2.19. The van der Waals surface area contributed by atoms with Crippen LogP contribution in [-0.4, -0.2) is 34.8 Å². The van der Waals surface area contributed by atoms with Crippen molar-refractivity contribution in [1.29, 1.82) is 0 Å². The molecule has 0 unspecified atom stereocenters. The summed E-state index contributed by atoms with van der Waals surface area (Å²) in [6, 6.07) is 0. The zero-order chi connectivity index (χ0) is 13.6. The summed E-state index contributed by atoms with van der Waals surface area (Å²) in [5.74, 6) is -0.366. The number of carbonyl (C=O) groups excluding carboxylic acids is 1. The Morgan fingerprint density at radius 1 is 1.33 bits per heavy atom. The SMILES string of the molecule is CC(C)(C)OC(=O)COCCc1cnc(Cl)nc1. The quantitative estimate of drug-likeness (QED) is 0.466. The molecule has 100 valence electrons. The standard InChI is InChI=1S/C12H17ClN2O3/c1-12(2,3)18-10(16)8-17-5-4-9-6-14-11(13)15-7-9/h6-7H,4-5,8H2,1-3H3. The van der Waals surface area contributed by atoms with Crippen LogP contribution >= 0.6 is 11.6 Å². The van der Waals surface area contributed by atoms with Gasteiger partial charge in [-0.25, -0.2) is 14.8 Å². The highest BCUT2D eigenvalue weighted by molar-refractivity contribution is 6.28. The molecule has 1 aromatic heterocycles. The minimum atomic E-state index is -0.482. The molecular weight excluding hydrogens is 256 g/mol. The number of ether oxygens (including phenoxy) is 2. The molecule has 0 spiro atoms. The lowest BCUT2D eigenvalue weighted by molar-refractivity contribution is -0.160. The second kappa shape index (κ2) is 6.66. The second-order valence-corrected chi connectivity index (χ2v) is 5.09. The summed E-state index contributed by atoms with van der Waals surface area (Å²) < 4.78 is 10.3. The zero-order valence-electron chi connectivity index (χ0n) is 10.8. The molecule has 0 bridgehead atoms. The number of esters is 1. The van der Waals surface area contributed by atoms with Gasteiger partial charge in [0.05, 0.1) is 6.61 Å². The molecule has 5 nitrogen and oxygen atoms in total. The lowest BCUT2D eigenvalue weighted by Crippen LogP contribution is -2.26. The molecule has 0 aliphatic rings. The number of nitrogens with zero attached hydrogens (tertiary/aromatic N) is 2. The van der Waals surface area contributed by atoms with Crippen molar-refractivity contribution < 1.29 is 14.3 Å². The van der Waals surface area contributed by atoms with E-state index >= 15 is 0 Å². The molecule has 1 heterocycles. The highest BCUT2D eigenvalue weighted by Gasteiger charge is 2.15. The monoisotopic (exact) mass is 272 g/mol. The third-order valence-electron chi connectivity index (χ3n) is 1.85. The molecule has 0 fully saturated rings. The van der Waals surface area contributed by atoms with Gasteiger partial charge in [0.1, 0.15) is 12.2 Å². The van der Waals surface area contributed by atoms with E-state index < -0.39 is 5.60 Å². The number of carbonyl (C=O) groups is 1. The Morgan fingerprint density at radius 2 is 1.94 bits per heavy atom. The van der Waals surface area contributed by atoms with Gasteiger partial charge in [-0.3, -0.25) is 0 Å². The van der Waals surface area contributed by atoms with Gasteiger partial charge in [-0.2, -0.15) is 0 Å². The van der Waals surface area contributed by atoms with Crippen molar-refractivity contribution in [3.8, 4) is 0 Å². The first kappa shape index (κ1) is 14.9. The van der Waals surface area contributed by atoms with Gasteiger partial charge < -0.3 is 9.47 Å². The Kier molecular flexibility index (Phi) is 5.50. The van der Waals surface area contributed by atoms with Gasteiger partial charge >= 0.3 is 5.97 Å². The van der Waals surface area contributed by atoms with Crippen LogP contribution in [0.5, 0.6) is 0 Å². The van der Waals surface area contributed by atoms with E-state index in [1.165, 1.54) is 0 Å². The van der Waals surface area contributed by atoms with E-state index in [4.69, 9.17) is 21.1 Å². The highest BCUT2D eigenvalue weighted by atomic mass is 35.5. The summed E-state index contributed by atoms with van der Waals surface area (Å²) in [6.45, 7) is 5.80. The minimum Gasteiger partial charge on any atom is -0.458 e. The van der Waals surface area contributed by atoms with Crippen molar-refractivity contribution in [3.05, 3.63) is 23.2 Å². The van der Waals surface area contributed by atoms with Gasteiger partial charge in [-0.05, 0) is 44.4 Å². The average molecular weight is 273 g/mol. The first-order valence-electron chi connectivity index (χ1n) is 5.63. The first-order chi connectivity index (χ1) is 8.37. The molecule has 1 rings (SSSR count). The zero-order valence-corrected chi connectivity index (χ0v) is 11.5. The van der Waals surface area contributed by atoms with Gasteiger partial charge in [0, 0.05) is 12.4 Å². The Bertz CT molecular complexity index is 387. The molecule has 0 aliphatic heterocycles. The Morgan fingerprint density at radius 3 is 2.50 bits per heavy atom. The fraction of sp³-hybridized carbons (Fsp3) is 0.583. The third-order valence-corrected chi connectivity index (χ3v) is 2.04. The van der Waals surface area contributed by atoms with Crippen LogP contribution in [-0.2, 0) is 20.7 Å². The molecule has 0 radical (unpaired) electrons. The van der Waals surface area contributed by atoms with E-state index in [-0.39, 0.29) is 17.9 Å². The normalized spacial score (nSPS) is 11.3. The highest BCUT2D eigenvalue weighted by Crippen LogP contribution is 2.07. The molecule has 0 atom stereocenters. The van der Waals surface area contributed by atoms with Crippen molar-refractivity contribution in [3.63, 3.8) is 0 Å². The van der Waals surface area contributed by atoms with E-state index in [1.54, 1.807) is 12.4 Å². The van der Waals surface area contributed by atoms with Gasteiger partial charge in [-0.1, -0.05) is 0 Å². The van der Waals surface area contributed by atoms with E-state index in [0.29, 0.717) is 13.0 Å². The third kappa shape index (κ3) is 6.51. The fourth-order valence-electron chi connectivity index (χ4n) is 1.18. The van der Waals surface area contributed by atoms with Crippen LogP contribution in [0.15, 0.2) is 12.4 Å². The van der Waals surface area contributed by atoms with Gasteiger partial charge in [0.25, 0.3) is 0 Å². The summed E-state index contributed by atoms with van der Waals surface area (Å²) in [5, 5.41) is 0.216. The van der Waals surface area contributed by atoms with Crippen LogP contribution in [0.4, 0.5) is 0 Å². The second-order valence-electron chi connectivity index (χ2n) is 4.75. The molecule has 0 aliphatic carbocycles. The maximum atomic E-state index is 11.3. The molecule has 0 N–H and O–H groups in total. The number of aromatic nitrogens is 2. The molecular formula is C12H17ClN2O3. The molecule has 0 saturated heterocycles. The first-order valence-corrected chi connectivity index (χ1v) is 6.00. The minimum absolute atomic E-state index is 0.0499. The molecule has 0 aromatic carbocycles. The largest absolute Gasteiger partial charge is 0.458 e. The number of halogens is 1. The number of hydrogen-bond acceptors (Lipinski definition) is 5. The molecule has 1 aromatic rings. The summed E-state index contributed by atoms with van der Waals surface area (Å²) in [4.78, 5) is 19.0. The van der Waals surface area contributed by atoms with Crippen molar-refractivity contribution in [2.45, 2.75) is 32.8 Å². The maximum Gasteiger partial charge on any atom is 0.332 e. The van der Waals surface area contributed by atoms with Gasteiger partial charge in [0.2, 0.25) is 5.28 Å². The lowest BCUT2D eigenvalue weighted by atomic mass is 10.2. The van der Waals surface area contributed by atoms with E-state index in [1.807, 2.05) is 20.8 Å². The predicted octanol–water partition coefficient (Wildman–Crippen LogP) is 2.03. The summed E-state index contributed by atoms with van der Waals surface area (Å²) in [5.41, 5.74) is 0.424. The molecule has 18 heavy (non-hydrogen) atoms. The topological polar surface area (TPSA) is 61.3 Å². The summed E-state index contributed by atoms with van der Waals surface area (Å²) in [7, 11) is 0. The van der Waals surface area contributed by atoms with Crippen LogP contribution in [0.3, 0.4) is 0 Å². The van der Waals surface area contributed by atoms with Crippen molar-refractivity contribution in [2.75, 3.05) is 13.2 Å². The van der Waals surface area contributed by atoms with Gasteiger partial charge in [-0.15, -0.1) is 0 Å². The fourth-order valence-corrected chi connectivity index (χ4v) is 1.28. The van der Waals surface area contributed by atoms with Crippen LogP contribution in [0, 0.1) is 0 Å². The van der Waals surface area contributed by atoms with Crippen LogP contribution in [0.1, 0.15) is 26.3 Å². The van der Waals surface area contributed by atoms with Crippen LogP contribution < -0.4 is 0 Å². The predicted molar refractivity (Wildman–Crippen MR) is 67.4 cm³/mol. The van der Waals surface area contributed by atoms with Crippen molar-refractivity contribution in [2.24, 2.45) is 0 Å². The number of hydrogen-bond donors (Lipinski definition) is 0. The molecule has 0 saturated carbocycles. The summed E-state index contributed by atoms with van der Waals surface area (Å²) >= 11 is 5.56. The summed E-state index contributed by atoms with van der Waals surface area (Å²) in [6.07, 6.45) is 3.89. The van der Waals surface area contributed by atoms with E-state index in [9.17, 15) is 4.79 Å². The Balaban J connectivity index is 2.19. The van der Waals surface area contributed by atoms with Crippen LogP contribution in [0.2, 0.25) is 5.28 Å². The molecule has 0 amide bonds.